The molecule has 1 heterocycles. The van der Waals surface area contributed by atoms with Crippen molar-refractivity contribution >= 4 is 17.3 Å². The van der Waals surface area contributed by atoms with Crippen molar-refractivity contribution in [1.29, 1.82) is 0 Å². The predicted octanol–water partition coefficient (Wildman–Crippen LogP) is 1.83. The summed E-state index contributed by atoms with van der Waals surface area (Å²) in [7, 11) is 0. The van der Waals surface area contributed by atoms with E-state index in [0.29, 0.717) is 12.2 Å². The number of hydrogen-bond acceptors (Lipinski definition) is 3. The number of nitrogen functional groups attached to an aromatic ring is 1. The highest BCUT2D eigenvalue weighted by Crippen LogP contribution is 2.33. The number of para-hydroxylation sites is 1. The Labute approximate surface area is 110 Å². The molecule has 2 N–H and O–H groups in total. The number of fused-ring (bicyclic) bond motifs is 1. The summed E-state index contributed by atoms with van der Waals surface area (Å²) in [5, 5.41) is 0. The maximum Gasteiger partial charge on any atom is 0.261 e. The third-order valence-electron chi connectivity index (χ3n) is 3.03. The summed E-state index contributed by atoms with van der Waals surface area (Å²) >= 11 is 0. The fraction of sp³-hybridized carbons (Fsp3) is 0.462. The number of nitrogens with zero attached hydrogens (tertiary/aromatic N) is 1. The quantitative estimate of drug-likeness (QED) is 0.656. The van der Waals surface area contributed by atoms with Crippen molar-refractivity contribution in [3.05, 3.63) is 23.8 Å². The van der Waals surface area contributed by atoms with Gasteiger partial charge in [-0.2, -0.15) is 0 Å². The van der Waals surface area contributed by atoms with Crippen LogP contribution in [0, 0.1) is 0 Å². The first-order valence-corrected chi connectivity index (χ1v) is 6.13. The van der Waals surface area contributed by atoms with Crippen LogP contribution >= 0.6 is 0 Å². The summed E-state index contributed by atoms with van der Waals surface area (Å²) in [6.07, 6.45) is -1.65. The standard InChI is InChI=1S/C13H16F2N2O2/c14-11(15)8-19-7-5-12(18)17-6-4-9-2-1-3-10(16)13(9)17/h1-3,11H,4-8,16H2. The first kappa shape index (κ1) is 13.7. The van der Waals surface area contributed by atoms with E-state index in [1.54, 1.807) is 11.0 Å². The van der Waals surface area contributed by atoms with Gasteiger partial charge >= 0.3 is 0 Å². The van der Waals surface area contributed by atoms with E-state index in [4.69, 9.17) is 10.5 Å². The lowest BCUT2D eigenvalue weighted by molar-refractivity contribution is -0.120. The van der Waals surface area contributed by atoms with Crippen molar-refractivity contribution in [2.45, 2.75) is 19.3 Å². The van der Waals surface area contributed by atoms with E-state index in [0.717, 1.165) is 17.7 Å². The Bertz CT molecular complexity index is 466. The smallest absolute Gasteiger partial charge is 0.261 e. The van der Waals surface area contributed by atoms with E-state index in [2.05, 4.69) is 0 Å². The van der Waals surface area contributed by atoms with Crippen LogP contribution in [-0.2, 0) is 16.0 Å². The molecular formula is C13H16F2N2O2. The second kappa shape index (κ2) is 5.97. The molecule has 0 bridgehead atoms. The van der Waals surface area contributed by atoms with Crippen molar-refractivity contribution in [3.63, 3.8) is 0 Å². The lowest BCUT2D eigenvalue weighted by atomic mass is 10.1. The molecule has 0 aromatic heterocycles. The second-order valence-corrected chi connectivity index (χ2v) is 4.37. The molecule has 0 atom stereocenters. The molecule has 0 radical (unpaired) electrons. The minimum absolute atomic E-state index is 0.00173. The van der Waals surface area contributed by atoms with Gasteiger partial charge in [-0.3, -0.25) is 4.79 Å². The van der Waals surface area contributed by atoms with Crippen LogP contribution in [0.2, 0.25) is 0 Å². The molecule has 0 fully saturated rings. The van der Waals surface area contributed by atoms with E-state index >= 15 is 0 Å². The van der Waals surface area contributed by atoms with Crippen LogP contribution in [0.15, 0.2) is 18.2 Å². The molecule has 1 aliphatic rings. The average Bonchev–Trinajstić information content (AvgIpc) is 2.79. The van der Waals surface area contributed by atoms with Crippen LogP contribution < -0.4 is 10.6 Å². The number of amides is 1. The maximum atomic E-state index is 12.0. The predicted molar refractivity (Wildman–Crippen MR) is 68.4 cm³/mol. The summed E-state index contributed by atoms with van der Waals surface area (Å²) in [6, 6.07) is 5.54. The Morgan fingerprint density at radius 1 is 1.47 bits per heavy atom. The van der Waals surface area contributed by atoms with Crippen LogP contribution in [0.4, 0.5) is 20.2 Å². The van der Waals surface area contributed by atoms with Gasteiger partial charge in [-0.25, -0.2) is 8.78 Å². The highest BCUT2D eigenvalue weighted by Gasteiger charge is 2.26. The molecule has 1 aliphatic heterocycles. The molecule has 0 saturated carbocycles. The number of alkyl halides is 2. The molecule has 1 aromatic rings. The zero-order valence-electron chi connectivity index (χ0n) is 10.4. The lowest BCUT2D eigenvalue weighted by Crippen LogP contribution is -2.30. The van der Waals surface area contributed by atoms with Gasteiger partial charge in [0.05, 0.1) is 24.4 Å². The van der Waals surface area contributed by atoms with Crippen LogP contribution in [0.25, 0.3) is 0 Å². The minimum atomic E-state index is -2.50. The van der Waals surface area contributed by atoms with Gasteiger partial charge < -0.3 is 15.4 Å². The fourth-order valence-electron chi connectivity index (χ4n) is 2.20. The van der Waals surface area contributed by atoms with Crippen molar-refractivity contribution in [3.8, 4) is 0 Å². The fourth-order valence-corrected chi connectivity index (χ4v) is 2.20. The van der Waals surface area contributed by atoms with Gasteiger partial charge in [-0.05, 0) is 18.1 Å². The van der Waals surface area contributed by atoms with Crippen molar-refractivity contribution < 1.29 is 18.3 Å². The SMILES string of the molecule is Nc1cccc2c1N(C(=O)CCOCC(F)F)CC2. The molecule has 104 valence electrons. The van der Waals surface area contributed by atoms with Crippen LogP contribution in [0.1, 0.15) is 12.0 Å². The topological polar surface area (TPSA) is 55.6 Å². The summed E-state index contributed by atoms with van der Waals surface area (Å²) in [5.74, 6) is -0.147. The monoisotopic (exact) mass is 270 g/mol. The molecule has 6 heteroatoms. The average molecular weight is 270 g/mol. The molecule has 1 amide bonds. The molecule has 2 rings (SSSR count). The molecule has 0 spiro atoms. The van der Waals surface area contributed by atoms with Gasteiger partial charge in [0, 0.05) is 6.54 Å². The lowest BCUT2D eigenvalue weighted by Gasteiger charge is -2.19. The zero-order chi connectivity index (χ0) is 13.8. The molecule has 19 heavy (non-hydrogen) atoms. The first-order chi connectivity index (χ1) is 9.09. The summed E-state index contributed by atoms with van der Waals surface area (Å²) in [6.45, 7) is -0.0506. The number of halogens is 2. The second-order valence-electron chi connectivity index (χ2n) is 4.37. The van der Waals surface area contributed by atoms with Gasteiger partial charge in [0.15, 0.2) is 0 Å². The van der Waals surface area contributed by atoms with E-state index in [-0.39, 0.29) is 18.9 Å². The van der Waals surface area contributed by atoms with E-state index in [9.17, 15) is 13.6 Å². The molecule has 0 unspecified atom stereocenters. The zero-order valence-corrected chi connectivity index (χ0v) is 10.4. The molecule has 4 nitrogen and oxygen atoms in total. The van der Waals surface area contributed by atoms with E-state index < -0.39 is 13.0 Å². The van der Waals surface area contributed by atoms with Crippen LogP contribution in [0.3, 0.4) is 0 Å². The largest absolute Gasteiger partial charge is 0.397 e. The van der Waals surface area contributed by atoms with Crippen LogP contribution in [-0.4, -0.2) is 32.1 Å². The normalized spacial score (nSPS) is 13.9. The van der Waals surface area contributed by atoms with Gasteiger partial charge in [0.25, 0.3) is 6.43 Å². The number of rotatable bonds is 5. The first-order valence-electron chi connectivity index (χ1n) is 6.13. The Balaban J connectivity index is 1.92. The number of carbonyl (C=O) groups excluding carboxylic acids is 1. The number of hydrogen-bond donors (Lipinski definition) is 1. The number of nitrogens with two attached hydrogens (primary N) is 1. The Morgan fingerprint density at radius 3 is 3.00 bits per heavy atom. The van der Waals surface area contributed by atoms with Gasteiger partial charge in [-0.1, -0.05) is 12.1 Å². The van der Waals surface area contributed by atoms with Crippen molar-refractivity contribution in [1.82, 2.24) is 0 Å². The van der Waals surface area contributed by atoms with Crippen molar-refractivity contribution in [2.75, 3.05) is 30.4 Å². The van der Waals surface area contributed by atoms with E-state index in [1.807, 2.05) is 12.1 Å². The molecule has 1 aromatic carbocycles. The van der Waals surface area contributed by atoms with Gasteiger partial charge in [0.2, 0.25) is 5.91 Å². The van der Waals surface area contributed by atoms with E-state index in [1.165, 1.54) is 0 Å². The minimum Gasteiger partial charge on any atom is -0.397 e. The third-order valence-corrected chi connectivity index (χ3v) is 3.03. The highest BCUT2D eigenvalue weighted by molar-refractivity contribution is 5.98. The molecule has 0 aliphatic carbocycles. The van der Waals surface area contributed by atoms with Crippen molar-refractivity contribution in [2.24, 2.45) is 0 Å². The Hall–Kier alpha value is -1.69. The number of anilines is 2. The highest BCUT2D eigenvalue weighted by atomic mass is 19.3. The number of benzene rings is 1. The number of carbonyl (C=O) groups is 1. The summed E-state index contributed by atoms with van der Waals surface area (Å²) < 4.78 is 28.5. The molecular weight excluding hydrogens is 254 g/mol. The molecule has 0 saturated heterocycles. The maximum absolute atomic E-state index is 12.0. The van der Waals surface area contributed by atoms with Gasteiger partial charge in [0.1, 0.15) is 6.61 Å². The van der Waals surface area contributed by atoms with Gasteiger partial charge in [-0.15, -0.1) is 0 Å². The summed E-state index contributed by atoms with van der Waals surface area (Å²) in [5.41, 5.74) is 8.23. The Kier molecular flexibility index (Phi) is 4.31. The summed E-state index contributed by atoms with van der Waals surface area (Å²) in [4.78, 5) is 13.6. The number of ether oxygens (including phenoxy) is 1. The Morgan fingerprint density at radius 2 is 2.26 bits per heavy atom. The van der Waals surface area contributed by atoms with Crippen LogP contribution in [0.5, 0.6) is 0 Å². The third kappa shape index (κ3) is 3.20.